The van der Waals surface area contributed by atoms with Crippen molar-refractivity contribution >= 4 is 23.4 Å². The maximum absolute atomic E-state index is 5.95. The van der Waals surface area contributed by atoms with Crippen LogP contribution in [0.1, 0.15) is 13.8 Å². The van der Waals surface area contributed by atoms with Crippen molar-refractivity contribution in [1.29, 1.82) is 0 Å². The molecule has 0 bridgehead atoms. The minimum atomic E-state index is -0.0159. The van der Waals surface area contributed by atoms with Crippen LogP contribution < -0.4 is 10.5 Å². The molecule has 2 nitrogen and oxygen atoms in total. The van der Waals surface area contributed by atoms with Gasteiger partial charge in [-0.25, -0.2) is 0 Å². The first-order chi connectivity index (χ1) is 6.98. The Morgan fingerprint density at radius 2 is 2.13 bits per heavy atom. The number of halogens is 1. The van der Waals surface area contributed by atoms with Crippen molar-refractivity contribution in [2.24, 2.45) is 5.73 Å². The highest BCUT2D eigenvalue weighted by atomic mass is 35.5. The van der Waals surface area contributed by atoms with E-state index < -0.39 is 0 Å². The third-order valence-corrected chi connectivity index (χ3v) is 3.50. The second-order valence-corrected chi connectivity index (χ2v) is 6.05. The molecule has 0 aliphatic rings. The average molecular weight is 246 g/mol. The van der Waals surface area contributed by atoms with Gasteiger partial charge in [0.2, 0.25) is 0 Å². The normalized spacial score (nSPS) is 11.5. The monoisotopic (exact) mass is 245 g/mol. The molecule has 84 valence electrons. The summed E-state index contributed by atoms with van der Waals surface area (Å²) >= 11 is 7.62. The molecule has 0 unspecified atom stereocenters. The van der Waals surface area contributed by atoms with E-state index in [1.807, 2.05) is 18.2 Å². The number of benzene rings is 1. The lowest BCUT2D eigenvalue weighted by atomic mass is 10.2. The highest BCUT2D eigenvalue weighted by Gasteiger charge is 2.19. The van der Waals surface area contributed by atoms with E-state index >= 15 is 0 Å². The first kappa shape index (κ1) is 12.7. The lowest BCUT2D eigenvalue weighted by molar-refractivity contribution is 0.404. The average Bonchev–Trinajstić information content (AvgIpc) is 2.18. The Bertz CT molecular complexity index is 341. The van der Waals surface area contributed by atoms with E-state index in [0.717, 1.165) is 10.6 Å². The van der Waals surface area contributed by atoms with Crippen LogP contribution in [0.25, 0.3) is 0 Å². The molecule has 0 fully saturated rings. The molecule has 4 heteroatoms. The highest BCUT2D eigenvalue weighted by molar-refractivity contribution is 8.00. The topological polar surface area (TPSA) is 35.2 Å². The van der Waals surface area contributed by atoms with Crippen LogP contribution in [0, 0.1) is 0 Å². The van der Waals surface area contributed by atoms with Gasteiger partial charge < -0.3 is 10.5 Å². The molecule has 0 atom stereocenters. The lowest BCUT2D eigenvalue weighted by Crippen LogP contribution is -2.26. The molecule has 15 heavy (non-hydrogen) atoms. The zero-order valence-electron chi connectivity index (χ0n) is 9.21. The Balaban J connectivity index is 2.97. The van der Waals surface area contributed by atoms with E-state index in [2.05, 4.69) is 13.8 Å². The van der Waals surface area contributed by atoms with E-state index in [9.17, 15) is 0 Å². The zero-order valence-corrected chi connectivity index (χ0v) is 10.8. The van der Waals surface area contributed by atoms with Gasteiger partial charge in [-0.05, 0) is 32.0 Å². The maximum Gasteiger partial charge on any atom is 0.132 e. The molecule has 0 aliphatic heterocycles. The summed E-state index contributed by atoms with van der Waals surface area (Å²) in [6.07, 6.45) is 0. The number of thioether (sulfide) groups is 1. The van der Waals surface area contributed by atoms with Gasteiger partial charge in [0, 0.05) is 16.3 Å². The highest BCUT2D eigenvalue weighted by Crippen LogP contribution is 2.38. The fourth-order valence-corrected chi connectivity index (χ4v) is 2.42. The van der Waals surface area contributed by atoms with Crippen molar-refractivity contribution < 1.29 is 4.74 Å². The van der Waals surface area contributed by atoms with E-state index in [1.54, 1.807) is 18.9 Å². The molecule has 0 radical (unpaired) electrons. The van der Waals surface area contributed by atoms with E-state index in [4.69, 9.17) is 22.1 Å². The Kier molecular flexibility index (Phi) is 4.32. The molecule has 0 saturated heterocycles. The number of hydrogen-bond donors (Lipinski definition) is 1. The van der Waals surface area contributed by atoms with Gasteiger partial charge in [0.05, 0.1) is 12.0 Å². The predicted molar refractivity (Wildman–Crippen MR) is 67.0 cm³/mol. The standard InChI is InChI=1S/C11H16ClNOS/c1-11(2,7-13)15-10-6-8(12)4-5-9(10)14-3/h4-6H,7,13H2,1-3H3. The lowest BCUT2D eigenvalue weighted by Gasteiger charge is -2.22. The van der Waals surface area contributed by atoms with Gasteiger partial charge in [-0.2, -0.15) is 0 Å². The van der Waals surface area contributed by atoms with Crippen molar-refractivity contribution in [2.75, 3.05) is 13.7 Å². The Hall–Kier alpha value is -0.380. The first-order valence-corrected chi connectivity index (χ1v) is 5.90. The summed E-state index contributed by atoms with van der Waals surface area (Å²) in [6.45, 7) is 4.79. The van der Waals surface area contributed by atoms with Gasteiger partial charge in [-0.3, -0.25) is 0 Å². The molecular weight excluding hydrogens is 230 g/mol. The molecule has 1 aromatic carbocycles. The van der Waals surface area contributed by atoms with Crippen molar-refractivity contribution in [2.45, 2.75) is 23.5 Å². The summed E-state index contributed by atoms with van der Waals surface area (Å²) in [5, 5.41) is 0.714. The van der Waals surface area contributed by atoms with Crippen LogP contribution in [0.4, 0.5) is 0 Å². The Morgan fingerprint density at radius 1 is 1.47 bits per heavy atom. The molecule has 0 spiro atoms. The minimum Gasteiger partial charge on any atom is -0.496 e. The fraction of sp³-hybridized carbons (Fsp3) is 0.455. The smallest absolute Gasteiger partial charge is 0.132 e. The van der Waals surface area contributed by atoms with Gasteiger partial charge in [-0.1, -0.05) is 11.6 Å². The molecule has 2 N–H and O–H groups in total. The summed E-state index contributed by atoms with van der Waals surface area (Å²) in [5.74, 6) is 0.839. The summed E-state index contributed by atoms with van der Waals surface area (Å²) in [7, 11) is 1.66. The molecule has 0 aromatic heterocycles. The third-order valence-electron chi connectivity index (χ3n) is 2.00. The molecule has 0 saturated carbocycles. The van der Waals surface area contributed by atoms with Gasteiger partial charge in [0.15, 0.2) is 0 Å². The Morgan fingerprint density at radius 3 is 2.67 bits per heavy atom. The van der Waals surface area contributed by atoms with E-state index in [1.165, 1.54) is 0 Å². The van der Waals surface area contributed by atoms with Crippen LogP contribution in [0.5, 0.6) is 5.75 Å². The van der Waals surface area contributed by atoms with Crippen molar-refractivity contribution in [1.82, 2.24) is 0 Å². The van der Waals surface area contributed by atoms with Crippen LogP contribution in [0.3, 0.4) is 0 Å². The summed E-state index contributed by atoms with van der Waals surface area (Å²) in [5.41, 5.74) is 5.69. The van der Waals surface area contributed by atoms with Crippen LogP contribution >= 0.6 is 23.4 Å². The zero-order chi connectivity index (χ0) is 11.5. The molecule has 0 heterocycles. The second kappa shape index (κ2) is 5.10. The Labute approximate surface area is 100 Å². The molecule has 0 aliphatic carbocycles. The largest absolute Gasteiger partial charge is 0.496 e. The minimum absolute atomic E-state index is 0.0159. The summed E-state index contributed by atoms with van der Waals surface area (Å²) in [4.78, 5) is 1.03. The van der Waals surface area contributed by atoms with Crippen LogP contribution in [0.2, 0.25) is 5.02 Å². The van der Waals surface area contributed by atoms with Crippen LogP contribution in [-0.2, 0) is 0 Å². The predicted octanol–water partition coefficient (Wildman–Crippen LogP) is 3.18. The molecule has 1 rings (SSSR count). The quantitative estimate of drug-likeness (QED) is 0.828. The number of nitrogens with two attached hydrogens (primary N) is 1. The second-order valence-electron chi connectivity index (χ2n) is 3.86. The summed E-state index contributed by atoms with van der Waals surface area (Å²) in [6, 6.07) is 5.60. The van der Waals surface area contributed by atoms with Gasteiger partial charge in [-0.15, -0.1) is 11.8 Å². The van der Waals surface area contributed by atoms with Crippen LogP contribution in [-0.4, -0.2) is 18.4 Å². The fourth-order valence-electron chi connectivity index (χ4n) is 1.07. The van der Waals surface area contributed by atoms with Gasteiger partial charge in [0.1, 0.15) is 5.75 Å². The van der Waals surface area contributed by atoms with Crippen molar-refractivity contribution in [3.8, 4) is 5.75 Å². The number of hydrogen-bond acceptors (Lipinski definition) is 3. The van der Waals surface area contributed by atoms with Gasteiger partial charge in [0.25, 0.3) is 0 Å². The SMILES string of the molecule is COc1ccc(Cl)cc1SC(C)(C)CN. The molecule has 0 amide bonds. The first-order valence-electron chi connectivity index (χ1n) is 4.71. The number of ether oxygens (including phenoxy) is 1. The third kappa shape index (κ3) is 3.59. The number of methoxy groups -OCH3 is 1. The van der Waals surface area contributed by atoms with E-state index in [0.29, 0.717) is 11.6 Å². The summed E-state index contributed by atoms with van der Waals surface area (Å²) < 4.78 is 5.25. The maximum atomic E-state index is 5.95. The molecular formula is C11H16ClNOS. The van der Waals surface area contributed by atoms with Crippen molar-refractivity contribution in [3.63, 3.8) is 0 Å². The molecule has 1 aromatic rings. The number of rotatable bonds is 4. The van der Waals surface area contributed by atoms with E-state index in [-0.39, 0.29) is 4.75 Å². The van der Waals surface area contributed by atoms with Crippen LogP contribution in [0.15, 0.2) is 23.1 Å². The van der Waals surface area contributed by atoms with Crippen molar-refractivity contribution in [3.05, 3.63) is 23.2 Å². The van der Waals surface area contributed by atoms with Gasteiger partial charge >= 0.3 is 0 Å².